The molecular weight excluding hydrogens is 240 g/mol. The molecule has 2 atom stereocenters. The van der Waals surface area contributed by atoms with Crippen molar-refractivity contribution in [2.75, 3.05) is 25.9 Å². The van der Waals surface area contributed by atoms with Crippen molar-refractivity contribution in [1.29, 1.82) is 0 Å². The molecule has 0 aromatic heterocycles. The van der Waals surface area contributed by atoms with Crippen LogP contribution < -0.4 is 5.32 Å². The first-order valence-corrected chi connectivity index (χ1v) is 8.94. The molecular formula is C15H30N2S. The second-order valence-corrected chi connectivity index (χ2v) is 7.52. The highest BCUT2D eigenvalue weighted by molar-refractivity contribution is 8.00. The zero-order valence-corrected chi connectivity index (χ0v) is 13.2. The standard InChI is InChI=1S/C15H30N2S/c1-4-14-10-16-13(2)11-17(14)12-15(18-3)8-6-5-7-9-15/h13-14,16H,4-12H2,1-3H3. The molecule has 3 heteroatoms. The van der Waals surface area contributed by atoms with Crippen LogP contribution in [0.1, 0.15) is 52.4 Å². The number of nitrogens with zero attached hydrogens (tertiary/aromatic N) is 1. The Labute approximate surface area is 117 Å². The summed E-state index contributed by atoms with van der Waals surface area (Å²) < 4.78 is 0.558. The van der Waals surface area contributed by atoms with Gasteiger partial charge in [-0.3, -0.25) is 4.90 Å². The second-order valence-electron chi connectivity index (χ2n) is 6.25. The third-order valence-corrected chi connectivity index (χ3v) is 6.29. The monoisotopic (exact) mass is 270 g/mol. The van der Waals surface area contributed by atoms with Crippen molar-refractivity contribution in [3.8, 4) is 0 Å². The zero-order valence-electron chi connectivity index (χ0n) is 12.4. The maximum atomic E-state index is 3.63. The molecule has 0 aromatic rings. The predicted molar refractivity (Wildman–Crippen MR) is 82.4 cm³/mol. The van der Waals surface area contributed by atoms with Gasteiger partial charge >= 0.3 is 0 Å². The zero-order chi connectivity index (χ0) is 13.0. The van der Waals surface area contributed by atoms with Gasteiger partial charge in [-0.2, -0.15) is 11.8 Å². The maximum Gasteiger partial charge on any atom is 0.0284 e. The highest BCUT2D eigenvalue weighted by Crippen LogP contribution is 2.39. The van der Waals surface area contributed by atoms with E-state index in [0.29, 0.717) is 10.8 Å². The summed E-state index contributed by atoms with van der Waals surface area (Å²) in [6.45, 7) is 8.40. The van der Waals surface area contributed by atoms with Crippen LogP contribution in [0, 0.1) is 0 Å². The first-order chi connectivity index (χ1) is 8.69. The van der Waals surface area contributed by atoms with Gasteiger partial charge in [0.2, 0.25) is 0 Å². The number of rotatable bonds is 4. The number of hydrogen-bond acceptors (Lipinski definition) is 3. The molecule has 1 N–H and O–H groups in total. The van der Waals surface area contributed by atoms with Crippen LogP contribution in [0.2, 0.25) is 0 Å². The van der Waals surface area contributed by atoms with E-state index >= 15 is 0 Å². The lowest BCUT2D eigenvalue weighted by molar-refractivity contribution is 0.110. The molecule has 0 radical (unpaired) electrons. The van der Waals surface area contributed by atoms with Crippen LogP contribution in [0.25, 0.3) is 0 Å². The van der Waals surface area contributed by atoms with Gasteiger partial charge in [0.25, 0.3) is 0 Å². The Balaban J connectivity index is 1.99. The molecule has 0 spiro atoms. The third-order valence-electron chi connectivity index (χ3n) is 4.89. The van der Waals surface area contributed by atoms with Crippen LogP contribution in [-0.2, 0) is 0 Å². The second kappa shape index (κ2) is 6.62. The molecule has 106 valence electrons. The molecule has 0 bridgehead atoms. The Kier molecular flexibility index (Phi) is 5.40. The molecule has 2 nitrogen and oxygen atoms in total. The topological polar surface area (TPSA) is 15.3 Å². The molecule has 2 aliphatic rings. The van der Waals surface area contributed by atoms with Gasteiger partial charge in [-0.15, -0.1) is 0 Å². The van der Waals surface area contributed by atoms with Gasteiger partial charge in [0, 0.05) is 36.5 Å². The van der Waals surface area contributed by atoms with Crippen molar-refractivity contribution < 1.29 is 0 Å². The van der Waals surface area contributed by atoms with Crippen LogP contribution in [0.15, 0.2) is 0 Å². The smallest absolute Gasteiger partial charge is 0.0284 e. The van der Waals surface area contributed by atoms with Crippen LogP contribution >= 0.6 is 11.8 Å². The Morgan fingerprint density at radius 2 is 2.00 bits per heavy atom. The van der Waals surface area contributed by atoms with Gasteiger partial charge in [0.1, 0.15) is 0 Å². The number of piperazine rings is 1. The first-order valence-electron chi connectivity index (χ1n) is 7.72. The summed E-state index contributed by atoms with van der Waals surface area (Å²) in [5.74, 6) is 0. The van der Waals surface area contributed by atoms with E-state index in [4.69, 9.17) is 0 Å². The average Bonchev–Trinajstić information content (AvgIpc) is 2.40. The van der Waals surface area contributed by atoms with Gasteiger partial charge in [-0.25, -0.2) is 0 Å². The van der Waals surface area contributed by atoms with Crippen molar-refractivity contribution in [3.63, 3.8) is 0 Å². The summed E-state index contributed by atoms with van der Waals surface area (Å²) in [6, 6.07) is 1.42. The minimum absolute atomic E-state index is 0.558. The van der Waals surface area contributed by atoms with Crippen molar-refractivity contribution in [1.82, 2.24) is 10.2 Å². The number of hydrogen-bond donors (Lipinski definition) is 1. The Hall–Kier alpha value is 0.270. The average molecular weight is 270 g/mol. The van der Waals surface area contributed by atoms with E-state index in [9.17, 15) is 0 Å². The lowest BCUT2D eigenvalue weighted by atomic mass is 9.87. The van der Waals surface area contributed by atoms with Crippen LogP contribution in [-0.4, -0.2) is 47.6 Å². The van der Waals surface area contributed by atoms with Crippen LogP contribution in [0.4, 0.5) is 0 Å². The van der Waals surface area contributed by atoms with Gasteiger partial charge < -0.3 is 5.32 Å². The summed E-state index contributed by atoms with van der Waals surface area (Å²) in [7, 11) is 0. The Bertz CT molecular complexity index is 251. The quantitative estimate of drug-likeness (QED) is 0.845. The molecule has 1 saturated carbocycles. The number of thioether (sulfide) groups is 1. The highest BCUT2D eigenvalue weighted by Gasteiger charge is 2.36. The molecule has 2 fully saturated rings. The fraction of sp³-hybridized carbons (Fsp3) is 1.00. The molecule has 2 rings (SSSR count). The molecule has 0 amide bonds. The van der Waals surface area contributed by atoms with E-state index in [1.165, 1.54) is 58.2 Å². The van der Waals surface area contributed by atoms with E-state index in [1.807, 2.05) is 0 Å². The summed E-state index contributed by atoms with van der Waals surface area (Å²) >= 11 is 2.14. The van der Waals surface area contributed by atoms with E-state index in [0.717, 1.165) is 6.04 Å². The molecule has 2 unspecified atom stereocenters. The normalized spacial score (nSPS) is 33.5. The predicted octanol–water partition coefficient (Wildman–Crippen LogP) is 3.12. The van der Waals surface area contributed by atoms with E-state index in [-0.39, 0.29) is 0 Å². The molecule has 0 aromatic carbocycles. The minimum Gasteiger partial charge on any atom is -0.311 e. The van der Waals surface area contributed by atoms with E-state index in [2.05, 4.69) is 42.1 Å². The Morgan fingerprint density at radius 3 is 2.61 bits per heavy atom. The molecule has 1 heterocycles. The van der Waals surface area contributed by atoms with Gasteiger partial charge in [0.15, 0.2) is 0 Å². The summed E-state index contributed by atoms with van der Waals surface area (Å²) in [5, 5.41) is 3.63. The van der Waals surface area contributed by atoms with E-state index < -0.39 is 0 Å². The molecule has 18 heavy (non-hydrogen) atoms. The fourth-order valence-corrected chi connectivity index (χ4v) is 4.61. The van der Waals surface area contributed by atoms with Crippen LogP contribution in [0.3, 0.4) is 0 Å². The van der Waals surface area contributed by atoms with Gasteiger partial charge in [0.05, 0.1) is 0 Å². The minimum atomic E-state index is 0.558. The molecule has 1 aliphatic carbocycles. The summed E-state index contributed by atoms with van der Waals surface area (Å²) in [5.41, 5.74) is 0. The SMILES string of the molecule is CCC1CNC(C)CN1CC1(SC)CCCCC1. The lowest BCUT2D eigenvalue weighted by Gasteiger charge is -2.46. The Morgan fingerprint density at radius 1 is 1.28 bits per heavy atom. The largest absolute Gasteiger partial charge is 0.311 e. The van der Waals surface area contributed by atoms with Crippen molar-refractivity contribution in [3.05, 3.63) is 0 Å². The fourth-order valence-electron chi connectivity index (χ4n) is 3.62. The maximum absolute atomic E-state index is 3.63. The third kappa shape index (κ3) is 3.43. The molecule has 1 aliphatic heterocycles. The van der Waals surface area contributed by atoms with Crippen molar-refractivity contribution >= 4 is 11.8 Å². The van der Waals surface area contributed by atoms with Gasteiger partial charge in [-0.1, -0.05) is 26.2 Å². The van der Waals surface area contributed by atoms with Crippen molar-refractivity contribution in [2.24, 2.45) is 0 Å². The summed E-state index contributed by atoms with van der Waals surface area (Å²) in [4.78, 5) is 2.78. The lowest BCUT2D eigenvalue weighted by Crippen LogP contribution is -2.58. The summed E-state index contributed by atoms with van der Waals surface area (Å²) in [6.07, 6.45) is 10.8. The van der Waals surface area contributed by atoms with Gasteiger partial charge in [-0.05, 0) is 32.4 Å². The molecule has 1 saturated heterocycles. The number of nitrogens with one attached hydrogen (secondary N) is 1. The van der Waals surface area contributed by atoms with Crippen molar-refractivity contribution in [2.45, 2.75) is 69.2 Å². The highest BCUT2D eigenvalue weighted by atomic mass is 32.2. The van der Waals surface area contributed by atoms with E-state index in [1.54, 1.807) is 0 Å². The van der Waals surface area contributed by atoms with Crippen LogP contribution in [0.5, 0.6) is 0 Å². The first kappa shape index (κ1) is 14.7.